The third-order valence-corrected chi connectivity index (χ3v) is 3.24. The molecule has 1 unspecified atom stereocenters. The molecule has 1 aliphatic rings. The van der Waals surface area contributed by atoms with Gasteiger partial charge >= 0.3 is 0 Å². The summed E-state index contributed by atoms with van der Waals surface area (Å²) in [6, 6.07) is 0.862. The van der Waals surface area contributed by atoms with E-state index in [2.05, 4.69) is 44.8 Å². The summed E-state index contributed by atoms with van der Waals surface area (Å²) in [6.07, 6.45) is 3.65. The molecule has 1 atom stereocenters. The number of hydrogen-bond donors (Lipinski definition) is 0. The van der Waals surface area contributed by atoms with Gasteiger partial charge in [0.25, 0.3) is 4.80 Å². The highest BCUT2D eigenvalue weighted by atomic mass is 79.9. The second-order valence-corrected chi connectivity index (χ2v) is 4.93. The van der Waals surface area contributed by atoms with E-state index in [1.807, 2.05) is 0 Å². The molecule has 0 aliphatic carbocycles. The van der Waals surface area contributed by atoms with E-state index >= 15 is 0 Å². The van der Waals surface area contributed by atoms with Gasteiger partial charge in [0.2, 0.25) is 0 Å². The van der Waals surface area contributed by atoms with Crippen LogP contribution in [0.1, 0.15) is 45.0 Å². The minimum atomic E-state index is 0.328. The monoisotopic (exact) mass is 273 g/mol. The Labute approximate surface area is 98.2 Å². The second kappa shape index (κ2) is 4.61. The fourth-order valence-corrected chi connectivity index (χ4v) is 2.45. The number of rotatable bonds is 2. The molecule has 1 aliphatic heterocycles. The number of halogens is 1. The Kier molecular flexibility index (Phi) is 3.41. The molecule has 15 heavy (non-hydrogen) atoms. The number of piperidine rings is 1. The summed E-state index contributed by atoms with van der Waals surface area (Å²) in [5, 5.41) is 4.00. The Hall–Kier alpha value is -0.420. The highest BCUT2D eigenvalue weighted by Crippen LogP contribution is 2.31. The van der Waals surface area contributed by atoms with Gasteiger partial charge in [-0.3, -0.25) is 4.90 Å². The maximum absolute atomic E-state index is 4.97. The molecule has 1 aromatic rings. The summed E-state index contributed by atoms with van der Waals surface area (Å²) in [5.41, 5.74) is 0. The van der Waals surface area contributed by atoms with Crippen LogP contribution in [0.25, 0.3) is 0 Å². The molecule has 84 valence electrons. The third-order valence-electron chi connectivity index (χ3n) is 2.92. The van der Waals surface area contributed by atoms with Gasteiger partial charge in [0.05, 0.1) is 6.04 Å². The number of nitrogens with zero attached hydrogens (tertiary/aromatic N) is 3. The van der Waals surface area contributed by atoms with Gasteiger partial charge in [0.1, 0.15) is 0 Å². The molecule has 0 radical (unpaired) electrons. The van der Waals surface area contributed by atoms with Crippen molar-refractivity contribution in [1.82, 2.24) is 15.0 Å². The van der Waals surface area contributed by atoms with Crippen LogP contribution in [0.2, 0.25) is 0 Å². The Morgan fingerprint density at radius 1 is 1.47 bits per heavy atom. The predicted molar refractivity (Wildman–Crippen MR) is 60.4 cm³/mol. The highest BCUT2D eigenvalue weighted by molar-refractivity contribution is 9.10. The molecular weight excluding hydrogens is 258 g/mol. The van der Waals surface area contributed by atoms with Crippen molar-refractivity contribution >= 4 is 15.9 Å². The van der Waals surface area contributed by atoms with Gasteiger partial charge in [-0.25, -0.2) is 0 Å². The van der Waals surface area contributed by atoms with E-state index in [-0.39, 0.29) is 0 Å². The largest absolute Gasteiger partial charge is 0.327 e. The van der Waals surface area contributed by atoms with Crippen molar-refractivity contribution in [2.45, 2.75) is 45.2 Å². The predicted octanol–water partition coefficient (Wildman–Crippen LogP) is 2.77. The minimum Gasteiger partial charge on any atom is -0.327 e. The van der Waals surface area contributed by atoms with E-state index in [1.54, 1.807) is 0 Å². The Balaban J connectivity index is 2.17. The lowest BCUT2D eigenvalue weighted by molar-refractivity contribution is 0.104. The first-order chi connectivity index (χ1) is 7.18. The van der Waals surface area contributed by atoms with Crippen LogP contribution < -0.4 is 0 Å². The van der Waals surface area contributed by atoms with Gasteiger partial charge in [-0.05, 0) is 33.2 Å². The van der Waals surface area contributed by atoms with Gasteiger partial charge in [0, 0.05) is 22.0 Å². The SMILES string of the molecule is CC(C)N1CCCCC1c1noc(Br)n1. The maximum Gasteiger partial charge on any atom is 0.293 e. The standard InChI is InChI=1S/C10H16BrN3O/c1-7(2)14-6-4-3-5-8(14)9-12-10(11)15-13-9/h7-8H,3-6H2,1-2H3. The number of likely N-dealkylation sites (tertiary alicyclic amines) is 1. The molecular formula is C10H16BrN3O. The van der Waals surface area contributed by atoms with Gasteiger partial charge in [-0.15, -0.1) is 0 Å². The van der Waals surface area contributed by atoms with Crippen molar-refractivity contribution in [2.24, 2.45) is 0 Å². The summed E-state index contributed by atoms with van der Waals surface area (Å²) in [4.78, 5) is 7.19. The van der Waals surface area contributed by atoms with Crippen molar-refractivity contribution < 1.29 is 4.52 Å². The average molecular weight is 274 g/mol. The van der Waals surface area contributed by atoms with Gasteiger partial charge in [-0.1, -0.05) is 11.6 Å². The van der Waals surface area contributed by atoms with Crippen molar-refractivity contribution in [3.05, 3.63) is 10.6 Å². The molecule has 0 amide bonds. The summed E-state index contributed by atoms with van der Waals surface area (Å²) in [7, 11) is 0. The van der Waals surface area contributed by atoms with Crippen molar-refractivity contribution in [2.75, 3.05) is 6.54 Å². The van der Waals surface area contributed by atoms with Crippen molar-refractivity contribution in [1.29, 1.82) is 0 Å². The van der Waals surface area contributed by atoms with Crippen LogP contribution in [0, 0.1) is 0 Å². The fraction of sp³-hybridized carbons (Fsp3) is 0.800. The molecule has 5 heteroatoms. The topological polar surface area (TPSA) is 42.2 Å². The van der Waals surface area contributed by atoms with E-state index in [4.69, 9.17) is 4.52 Å². The molecule has 0 bridgehead atoms. The van der Waals surface area contributed by atoms with Crippen molar-refractivity contribution in [3.63, 3.8) is 0 Å². The molecule has 0 aromatic carbocycles. The van der Waals surface area contributed by atoms with Crippen LogP contribution in [0.4, 0.5) is 0 Å². The second-order valence-electron chi connectivity index (χ2n) is 4.25. The van der Waals surface area contributed by atoms with Crippen LogP contribution in [0.15, 0.2) is 9.32 Å². The van der Waals surface area contributed by atoms with Gasteiger partial charge in [0.15, 0.2) is 5.82 Å². The maximum atomic E-state index is 4.97. The third kappa shape index (κ3) is 2.39. The fourth-order valence-electron chi connectivity index (χ4n) is 2.20. The van der Waals surface area contributed by atoms with Crippen molar-refractivity contribution in [3.8, 4) is 0 Å². The lowest BCUT2D eigenvalue weighted by atomic mass is 10.00. The average Bonchev–Trinajstić information content (AvgIpc) is 2.65. The molecule has 1 saturated heterocycles. The zero-order valence-electron chi connectivity index (χ0n) is 9.11. The quantitative estimate of drug-likeness (QED) is 0.831. The zero-order chi connectivity index (χ0) is 10.8. The molecule has 1 fully saturated rings. The lowest BCUT2D eigenvalue weighted by Gasteiger charge is -2.36. The molecule has 0 N–H and O–H groups in total. The summed E-state index contributed by atoms with van der Waals surface area (Å²) in [6.45, 7) is 5.56. The van der Waals surface area contributed by atoms with E-state index in [9.17, 15) is 0 Å². The van der Waals surface area contributed by atoms with Crippen LogP contribution in [-0.2, 0) is 0 Å². The Morgan fingerprint density at radius 2 is 2.27 bits per heavy atom. The summed E-state index contributed by atoms with van der Waals surface area (Å²) in [5.74, 6) is 0.815. The Bertz CT molecular complexity index is 326. The van der Waals surface area contributed by atoms with E-state index in [1.165, 1.54) is 12.8 Å². The smallest absolute Gasteiger partial charge is 0.293 e. The first kappa shape index (κ1) is 11.1. The van der Waals surface area contributed by atoms with Gasteiger partial charge < -0.3 is 4.52 Å². The van der Waals surface area contributed by atoms with Crippen LogP contribution in [0.3, 0.4) is 0 Å². The van der Waals surface area contributed by atoms with Crippen LogP contribution in [-0.4, -0.2) is 27.6 Å². The molecule has 0 saturated carbocycles. The molecule has 4 nitrogen and oxygen atoms in total. The zero-order valence-corrected chi connectivity index (χ0v) is 10.7. The molecule has 2 heterocycles. The molecule has 0 spiro atoms. The van der Waals surface area contributed by atoms with E-state index < -0.39 is 0 Å². The molecule has 2 rings (SSSR count). The number of aromatic nitrogens is 2. The van der Waals surface area contributed by atoms with Gasteiger partial charge in [-0.2, -0.15) is 4.98 Å². The first-order valence-electron chi connectivity index (χ1n) is 5.43. The van der Waals surface area contributed by atoms with E-state index in [0.717, 1.165) is 18.8 Å². The van der Waals surface area contributed by atoms with Crippen LogP contribution in [0.5, 0.6) is 0 Å². The first-order valence-corrected chi connectivity index (χ1v) is 6.22. The van der Waals surface area contributed by atoms with E-state index in [0.29, 0.717) is 16.9 Å². The Morgan fingerprint density at radius 3 is 2.87 bits per heavy atom. The highest BCUT2D eigenvalue weighted by Gasteiger charge is 2.29. The summed E-state index contributed by atoms with van der Waals surface area (Å²) >= 11 is 3.20. The normalized spacial score (nSPS) is 23.6. The number of hydrogen-bond acceptors (Lipinski definition) is 4. The van der Waals surface area contributed by atoms with Crippen LogP contribution >= 0.6 is 15.9 Å². The summed E-state index contributed by atoms with van der Waals surface area (Å²) < 4.78 is 4.97. The minimum absolute atomic E-state index is 0.328. The lowest BCUT2D eigenvalue weighted by Crippen LogP contribution is -2.38. The molecule has 1 aromatic heterocycles.